The van der Waals surface area contributed by atoms with Gasteiger partial charge >= 0.3 is 5.97 Å². The summed E-state index contributed by atoms with van der Waals surface area (Å²) in [4.78, 5) is 28.6. The number of hydrogen-bond acceptors (Lipinski definition) is 6. The summed E-state index contributed by atoms with van der Waals surface area (Å²) in [5, 5.41) is 2.73. The van der Waals surface area contributed by atoms with E-state index >= 15 is 0 Å². The maximum atomic E-state index is 12.4. The van der Waals surface area contributed by atoms with Gasteiger partial charge in [0.05, 0.1) is 24.5 Å². The van der Waals surface area contributed by atoms with Crippen LogP contribution in [0.2, 0.25) is 5.15 Å². The van der Waals surface area contributed by atoms with Gasteiger partial charge in [-0.15, -0.1) is 0 Å². The Hall–Kier alpha value is -2.80. The average Bonchev–Trinajstić information content (AvgIpc) is 2.68. The van der Waals surface area contributed by atoms with Gasteiger partial charge in [-0.2, -0.15) is 0 Å². The molecule has 0 radical (unpaired) electrons. The maximum absolute atomic E-state index is 12.4. The maximum Gasteiger partial charge on any atom is 0.339 e. The van der Waals surface area contributed by atoms with Crippen molar-refractivity contribution in [2.24, 2.45) is 0 Å². The van der Waals surface area contributed by atoms with E-state index in [0.29, 0.717) is 30.4 Å². The van der Waals surface area contributed by atoms with Crippen molar-refractivity contribution in [1.29, 1.82) is 0 Å². The molecule has 8 heteroatoms. The van der Waals surface area contributed by atoms with Crippen molar-refractivity contribution in [3.8, 4) is 11.5 Å². The number of pyridine rings is 1. The van der Waals surface area contributed by atoms with Gasteiger partial charge in [-0.25, -0.2) is 9.78 Å². The monoisotopic (exact) mass is 406 g/mol. The summed E-state index contributed by atoms with van der Waals surface area (Å²) in [7, 11) is 0. The van der Waals surface area contributed by atoms with Crippen LogP contribution >= 0.6 is 11.6 Å². The zero-order valence-corrected chi connectivity index (χ0v) is 16.8. The molecule has 0 aliphatic carbocycles. The third-order valence-electron chi connectivity index (χ3n) is 3.61. The molecule has 1 N–H and O–H groups in total. The lowest BCUT2D eigenvalue weighted by atomic mass is 10.2. The fourth-order valence-electron chi connectivity index (χ4n) is 2.23. The molecule has 1 aromatic carbocycles. The van der Waals surface area contributed by atoms with Gasteiger partial charge < -0.3 is 19.5 Å². The van der Waals surface area contributed by atoms with Crippen LogP contribution in [0.4, 0.5) is 5.69 Å². The molecule has 1 heterocycles. The molecule has 0 saturated carbocycles. The van der Waals surface area contributed by atoms with Crippen LogP contribution in [-0.4, -0.2) is 36.2 Å². The van der Waals surface area contributed by atoms with Crippen LogP contribution in [0.1, 0.15) is 37.6 Å². The van der Waals surface area contributed by atoms with Gasteiger partial charge in [-0.1, -0.05) is 18.5 Å². The molecule has 7 nitrogen and oxygen atoms in total. The van der Waals surface area contributed by atoms with E-state index < -0.39 is 18.0 Å². The second-order valence-corrected chi connectivity index (χ2v) is 6.18. The Kier molecular flexibility index (Phi) is 8.07. The number of halogens is 1. The molecule has 0 saturated heterocycles. The molecule has 0 spiro atoms. The lowest BCUT2D eigenvalue weighted by molar-refractivity contribution is -0.123. The largest absolute Gasteiger partial charge is 0.490 e. The standard InChI is InChI=1S/C20H23ClN2O5/c1-4-11-27-16-9-8-14(12-17(16)26-5-2)20(25)28-13(3)19(24)23-15-7-6-10-22-18(15)21/h6-10,12-13H,4-5,11H2,1-3H3,(H,23,24). The summed E-state index contributed by atoms with van der Waals surface area (Å²) in [6.07, 6.45) is 1.32. The highest BCUT2D eigenvalue weighted by Gasteiger charge is 2.21. The van der Waals surface area contributed by atoms with Crippen molar-refractivity contribution < 1.29 is 23.8 Å². The lowest BCUT2D eigenvalue weighted by Crippen LogP contribution is -2.30. The second kappa shape index (κ2) is 10.5. The van der Waals surface area contributed by atoms with Crippen molar-refractivity contribution in [3.63, 3.8) is 0 Å². The summed E-state index contributed by atoms with van der Waals surface area (Å²) in [6, 6.07) is 8.00. The number of nitrogens with zero attached hydrogens (tertiary/aromatic N) is 1. The Morgan fingerprint density at radius 1 is 1.18 bits per heavy atom. The number of anilines is 1. The second-order valence-electron chi connectivity index (χ2n) is 5.82. The highest BCUT2D eigenvalue weighted by molar-refractivity contribution is 6.32. The first-order chi connectivity index (χ1) is 13.5. The topological polar surface area (TPSA) is 86.8 Å². The van der Waals surface area contributed by atoms with E-state index in [0.717, 1.165) is 6.42 Å². The smallest absolute Gasteiger partial charge is 0.339 e. The fraction of sp³-hybridized carbons (Fsp3) is 0.350. The van der Waals surface area contributed by atoms with Crippen LogP contribution in [-0.2, 0) is 9.53 Å². The van der Waals surface area contributed by atoms with E-state index in [1.54, 1.807) is 30.3 Å². The molecule has 0 aliphatic rings. The van der Waals surface area contributed by atoms with Gasteiger partial charge in [0.2, 0.25) is 0 Å². The highest BCUT2D eigenvalue weighted by Crippen LogP contribution is 2.29. The van der Waals surface area contributed by atoms with Crippen LogP contribution < -0.4 is 14.8 Å². The Morgan fingerprint density at radius 2 is 1.96 bits per heavy atom. The summed E-state index contributed by atoms with van der Waals surface area (Å²) in [5.41, 5.74) is 0.597. The minimum atomic E-state index is -1.03. The van der Waals surface area contributed by atoms with Crippen molar-refractivity contribution in [2.75, 3.05) is 18.5 Å². The molecule has 1 amide bonds. The lowest BCUT2D eigenvalue weighted by Gasteiger charge is -2.15. The number of amides is 1. The van der Waals surface area contributed by atoms with Crippen LogP contribution in [0.15, 0.2) is 36.5 Å². The molecular formula is C20H23ClN2O5. The third-order valence-corrected chi connectivity index (χ3v) is 3.91. The number of hydrogen-bond donors (Lipinski definition) is 1. The van der Waals surface area contributed by atoms with E-state index in [4.69, 9.17) is 25.8 Å². The van der Waals surface area contributed by atoms with E-state index in [1.807, 2.05) is 13.8 Å². The van der Waals surface area contributed by atoms with Gasteiger partial charge in [-0.05, 0) is 50.6 Å². The predicted octanol–water partition coefficient (Wildman–Crippen LogP) is 4.11. The minimum Gasteiger partial charge on any atom is -0.490 e. The van der Waals surface area contributed by atoms with E-state index in [2.05, 4.69) is 10.3 Å². The summed E-state index contributed by atoms with van der Waals surface area (Å²) in [6.45, 7) is 6.27. The zero-order chi connectivity index (χ0) is 20.5. The van der Waals surface area contributed by atoms with Gasteiger partial charge in [0, 0.05) is 6.20 Å². The number of carbonyl (C=O) groups is 2. The first-order valence-corrected chi connectivity index (χ1v) is 9.36. The van der Waals surface area contributed by atoms with Crippen LogP contribution in [0.25, 0.3) is 0 Å². The first kappa shape index (κ1) is 21.5. The molecule has 150 valence electrons. The molecular weight excluding hydrogens is 384 g/mol. The molecule has 1 aromatic heterocycles. The normalized spacial score (nSPS) is 11.4. The number of benzene rings is 1. The van der Waals surface area contributed by atoms with Gasteiger partial charge in [0.25, 0.3) is 5.91 Å². The van der Waals surface area contributed by atoms with Crippen molar-refractivity contribution in [3.05, 3.63) is 47.2 Å². The molecule has 2 aromatic rings. The SMILES string of the molecule is CCCOc1ccc(C(=O)OC(C)C(=O)Nc2cccnc2Cl)cc1OCC. The number of ether oxygens (including phenoxy) is 3. The molecule has 1 unspecified atom stereocenters. The third kappa shape index (κ3) is 5.85. The molecule has 0 fully saturated rings. The van der Waals surface area contributed by atoms with E-state index in [1.165, 1.54) is 13.1 Å². The highest BCUT2D eigenvalue weighted by atomic mass is 35.5. The zero-order valence-electron chi connectivity index (χ0n) is 16.0. The Labute approximate surface area is 169 Å². The molecule has 0 aliphatic heterocycles. The van der Waals surface area contributed by atoms with Gasteiger partial charge in [0.15, 0.2) is 22.8 Å². The number of aromatic nitrogens is 1. The van der Waals surface area contributed by atoms with Gasteiger partial charge in [-0.3, -0.25) is 4.79 Å². The number of nitrogens with one attached hydrogen (secondary N) is 1. The molecule has 0 bridgehead atoms. The van der Waals surface area contributed by atoms with Crippen molar-refractivity contribution in [2.45, 2.75) is 33.3 Å². The van der Waals surface area contributed by atoms with Crippen LogP contribution in [0.3, 0.4) is 0 Å². The Balaban J connectivity index is 2.05. The van der Waals surface area contributed by atoms with Crippen LogP contribution in [0.5, 0.6) is 11.5 Å². The molecule has 2 rings (SSSR count). The summed E-state index contributed by atoms with van der Waals surface area (Å²) >= 11 is 5.91. The van der Waals surface area contributed by atoms with Crippen molar-refractivity contribution in [1.82, 2.24) is 4.98 Å². The van der Waals surface area contributed by atoms with Gasteiger partial charge in [0.1, 0.15) is 0 Å². The average molecular weight is 407 g/mol. The quantitative estimate of drug-likeness (QED) is 0.498. The van der Waals surface area contributed by atoms with E-state index in [-0.39, 0.29) is 10.7 Å². The number of carbonyl (C=O) groups excluding carboxylic acids is 2. The molecule has 28 heavy (non-hydrogen) atoms. The first-order valence-electron chi connectivity index (χ1n) is 8.98. The van der Waals surface area contributed by atoms with E-state index in [9.17, 15) is 9.59 Å². The minimum absolute atomic E-state index is 0.151. The Morgan fingerprint density at radius 3 is 2.64 bits per heavy atom. The molecule has 1 atom stereocenters. The van der Waals surface area contributed by atoms with Crippen molar-refractivity contribution >= 4 is 29.2 Å². The van der Waals surface area contributed by atoms with Crippen LogP contribution in [0, 0.1) is 0 Å². The summed E-state index contributed by atoms with van der Waals surface area (Å²) in [5.74, 6) is -0.166. The number of esters is 1. The Bertz CT molecular complexity index is 828. The fourth-order valence-corrected chi connectivity index (χ4v) is 2.40. The predicted molar refractivity (Wildman–Crippen MR) is 106 cm³/mol. The summed E-state index contributed by atoms with van der Waals surface area (Å²) < 4.78 is 16.4. The number of rotatable bonds is 9.